The molecule has 1 saturated heterocycles. The number of alkyl halides is 3. The smallest absolute Gasteiger partial charge is 0.387 e. The van der Waals surface area contributed by atoms with Gasteiger partial charge in [-0.15, -0.1) is 24.0 Å². The second kappa shape index (κ2) is 13.2. The number of pyridine rings is 1. The number of nitrogens with zero attached hydrogens (tertiary/aromatic N) is 3. The second-order valence-corrected chi connectivity index (χ2v) is 7.33. The van der Waals surface area contributed by atoms with Crippen molar-refractivity contribution in [3.05, 3.63) is 23.9 Å². The Balaban J connectivity index is 0.00000480. The molecule has 1 unspecified atom stereocenters. The summed E-state index contributed by atoms with van der Waals surface area (Å²) in [7, 11) is 0. The molecule has 1 atom stereocenters. The molecule has 0 aromatic carbocycles. The van der Waals surface area contributed by atoms with E-state index in [0.717, 1.165) is 19.2 Å². The SMILES string of the molecule is CCNC(=NCC(C)(O)CN1CCOCC1)NCCNc1ncccc1C(F)(F)F.I. The molecular formula is C19H32F3IN6O2. The third-order valence-corrected chi connectivity index (χ3v) is 4.41. The molecule has 0 saturated carbocycles. The number of nitrogens with one attached hydrogen (secondary N) is 3. The molecule has 0 aliphatic carbocycles. The van der Waals surface area contributed by atoms with E-state index in [4.69, 9.17) is 4.74 Å². The summed E-state index contributed by atoms with van der Waals surface area (Å²) < 4.78 is 44.3. The van der Waals surface area contributed by atoms with Gasteiger partial charge in [-0.05, 0) is 26.0 Å². The summed E-state index contributed by atoms with van der Waals surface area (Å²) in [6.07, 6.45) is -3.15. The Morgan fingerprint density at radius 1 is 1.26 bits per heavy atom. The first-order valence-corrected chi connectivity index (χ1v) is 10.0. The van der Waals surface area contributed by atoms with Crippen LogP contribution in [0.2, 0.25) is 0 Å². The van der Waals surface area contributed by atoms with Crippen molar-refractivity contribution >= 4 is 35.8 Å². The van der Waals surface area contributed by atoms with Crippen molar-refractivity contribution in [2.45, 2.75) is 25.6 Å². The maximum atomic E-state index is 13.0. The van der Waals surface area contributed by atoms with Gasteiger partial charge in [0.2, 0.25) is 0 Å². The van der Waals surface area contributed by atoms with Crippen molar-refractivity contribution in [2.24, 2.45) is 4.99 Å². The van der Waals surface area contributed by atoms with Crippen molar-refractivity contribution in [3.8, 4) is 0 Å². The molecule has 0 bridgehead atoms. The highest BCUT2D eigenvalue weighted by molar-refractivity contribution is 14.0. The molecule has 0 radical (unpaired) electrons. The molecule has 1 fully saturated rings. The van der Waals surface area contributed by atoms with Gasteiger partial charge in [0.15, 0.2) is 5.96 Å². The summed E-state index contributed by atoms with van der Waals surface area (Å²) in [4.78, 5) is 10.3. The standard InChI is InChI=1S/C19H31F3N6O2.HI/c1-3-23-17(27-13-18(2,29)14-28-9-11-30-12-10-28)26-8-7-25-16-15(19(20,21)22)5-4-6-24-16;/h4-6,29H,3,7-14H2,1-2H3,(H,24,25)(H2,23,26,27);1H. The van der Waals surface area contributed by atoms with E-state index in [0.29, 0.717) is 38.8 Å². The normalized spacial score (nSPS) is 17.4. The molecule has 178 valence electrons. The van der Waals surface area contributed by atoms with Crippen LogP contribution in [0.1, 0.15) is 19.4 Å². The van der Waals surface area contributed by atoms with Crippen molar-refractivity contribution in [1.29, 1.82) is 0 Å². The Labute approximate surface area is 198 Å². The minimum Gasteiger partial charge on any atom is -0.387 e. The third kappa shape index (κ3) is 10.2. The zero-order chi connectivity index (χ0) is 22.0. The predicted molar refractivity (Wildman–Crippen MR) is 125 cm³/mol. The molecule has 1 aliphatic rings. The van der Waals surface area contributed by atoms with Gasteiger partial charge >= 0.3 is 6.18 Å². The lowest BCUT2D eigenvalue weighted by Crippen LogP contribution is -2.48. The van der Waals surface area contributed by atoms with Gasteiger partial charge in [0, 0.05) is 45.5 Å². The summed E-state index contributed by atoms with van der Waals surface area (Å²) in [5, 5.41) is 19.5. The lowest BCUT2D eigenvalue weighted by molar-refractivity contribution is -0.137. The van der Waals surface area contributed by atoms with Gasteiger partial charge in [-0.2, -0.15) is 13.2 Å². The average Bonchev–Trinajstić information content (AvgIpc) is 2.69. The highest BCUT2D eigenvalue weighted by Gasteiger charge is 2.34. The molecule has 12 heteroatoms. The highest BCUT2D eigenvalue weighted by atomic mass is 127. The number of guanidine groups is 1. The number of aliphatic imine (C=N–C) groups is 1. The number of ether oxygens (including phenoxy) is 1. The summed E-state index contributed by atoms with van der Waals surface area (Å²) >= 11 is 0. The Kier molecular flexibility index (Phi) is 11.8. The second-order valence-electron chi connectivity index (χ2n) is 7.33. The van der Waals surface area contributed by atoms with Gasteiger partial charge in [0.1, 0.15) is 5.82 Å². The molecule has 1 aromatic heterocycles. The fourth-order valence-corrected chi connectivity index (χ4v) is 3.02. The van der Waals surface area contributed by atoms with E-state index < -0.39 is 17.3 Å². The summed E-state index contributed by atoms with van der Waals surface area (Å²) in [6, 6.07) is 2.25. The predicted octanol–water partition coefficient (Wildman–Crippen LogP) is 1.77. The fraction of sp³-hybridized carbons (Fsp3) is 0.684. The molecule has 4 N–H and O–H groups in total. The number of rotatable bonds is 9. The van der Waals surface area contributed by atoms with E-state index in [9.17, 15) is 18.3 Å². The summed E-state index contributed by atoms with van der Waals surface area (Å²) in [5.74, 6) is 0.279. The van der Waals surface area contributed by atoms with Crippen LogP contribution in [0.5, 0.6) is 0 Å². The first kappa shape index (κ1) is 27.7. The first-order valence-electron chi connectivity index (χ1n) is 10.0. The Hall–Kier alpha value is -1.38. The van der Waals surface area contributed by atoms with Gasteiger partial charge in [0.05, 0.1) is 30.9 Å². The zero-order valence-corrected chi connectivity index (χ0v) is 20.2. The number of morpholine rings is 1. The quantitative estimate of drug-likeness (QED) is 0.158. The van der Waals surface area contributed by atoms with Crippen molar-refractivity contribution < 1.29 is 23.0 Å². The lowest BCUT2D eigenvalue weighted by Gasteiger charge is -2.33. The minimum absolute atomic E-state index is 0. The van der Waals surface area contributed by atoms with Gasteiger partial charge in [-0.3, -0.25) is 9.89 Å². The Morgan fingerprint density at radius 2 is 1.97 bits per heavy atom. The van der Waals surface area contributed by atoms with Crippen molar-refractivity contribution in [2.75, 3.05) is 64.3 Å². The van der Waals surface area contributed by atoms with Gasteiger partial charge in [-0.25, -0.2) is 4.98 Å². The maximum absolute atomic E-state index is 13.0. The van der Waals surface area contributed by atoms with E-state index in [1.807, 2.05) is 6.92 Å². The molecule has 8 nitrogen and oxygen atoms in total. The summed E-state index contributed by atoms with van der Waals surface area (Å²) in [5.41, 5.74) is -1.81. The first-order chi connectivity index (χ1) is 14.2. The largest absolute Gasteiger partial charge is 0.419 e. The number of hydrogen-bond acceptors (Lipinski definition) is 6. The number of hydrogen-bond donors (Lipinski definition) is 4. The molecule has 1 aliphatic heterocycles. The number of aromatic nitrogens is 1. The molecule has 0 amide bonds. The van der Waals surface area contributed by atoms with Crippen molar-refractivity contribution in [3.63, 3.8) is 0 Å². The maximum Gasteiger partial charge on any atom is 0.419 e. The van der Waals surface area contributed by atoms with Gasteiger partial charge < -0.3 is 25.8 Å². The lowest BCUT2D eigenvalue weighted by atomic mass is 10.1. The third-order valence-electron chi connectivity index (χ3n) is 4.41. The van der Waals surface area contributed by atoms with E-state index in [2.05, 4.69) is 30.8 Å². The topological polar surface area (TPSA) is 94.0 Å². The number of aliphatic hydroxyl groups is 1. The van der Waals surface area contributed by atoms with Crippen molar-refractivity contribution in [1.82, 2.24) is 20.5 Å². The number of anilines is 1. The van der Waals surface area contributed by atoms with Crippen LogP contribution < -0.4 is 16.0 Å². The van der Waals surface area contributed by atoms with Gasteiger partial charge in [-0.1, -0.05) is 0 Å². The number of halogens is 4. The Morgan fingerprint density at radius 3 is 2.61 bits per heavy atom. The summed E-state index contributed by atoms with van der Waals surface area (Å²) in [6.45, 7) is 8.33. The van der Waals surface area contributed by atoms with Crippen LogP contribution >= 0.6 is 24.0 Å². The average molecular weight is 560 g/mol. The minimum atomic E-state index is -4.47. The highest BCUT2D eigenvalue weighted by Crippen LogP contribution is 2.33. The van der Waals surface area contributed by atoms with Crippen LogP contribution in [0.3, 0.4) is 0 Å². The number of β-amino-alcohol motifs (C(OH)–C–C–N with tert-alkyl or cyclic N) is 1. The monoisotopic (exact) mass is 560 g/mol. The van der Waals surface area contributed by atoms with Crippen LogP contribution in [0.25, 0.3) is 0 Å². The molecule has 31 heavy (non-hydrogen) atoms. The van der Waals surface area contributed by atoms with Crippen LogP contribution in [0, 0.1) is 0 Å². The van der Waals surface area contributed by atoms with Crippen LogP contribution in [0.15, 0.2) is 23.3 Å². The zero-order valence-electron chi connectivity index (χ0n) is 17.8. The van der Waals surface area contributed by atoms with Crippen LogP contribution in [-0.2, 0) is 10.9 Å². The van der Waals surface area contributed by atoms with E-state index >= 15 is 0 Å². The Bertz CT molecular complexity index is 685. The van der Waals surface area contributed by atoms with E-state index in [-0.39, 0.29) is 42.9 Å². The molecule has 1 aromatic rings. The molecule has 2 heterocycles. The molecular weight excluding hydrogens is 528 g/mol. The van der Waals surface area contributed by atoms with E-state index in [1.165, 1.54) is 12.3 Å². The fourth-order valence-electron chi connectivity index (χ4n) is 3.02. The molecule has 2 rings (SSSR count). The molecule has 0 spiro atoms. The van der Waals surface area contributed by atoms with Gasteiger partial charge in [0.25, 0.3) is 0 Å². The van der Waals surface area contributed by atoms with Crippen LogP contribution in [-0.4, -0.2) is 85.6 Å². The van der Waals surface area contributed by atoms with Crippen LogP contribution in [0.4, 0.5) is 19.0 Å². The van der Waals surface area contributed by atoms with E-state index in [1.54, 1.807) is 6.92 Å².